The number of benzene rings is 2. The third-order valence-corrected chi connectivity index (χ3v) is 6.91. The zero-order valence-electron chi connectivity index (χ0n) is 18.5. The Balaban J connectivity index is 1.53. The summed E-state index contributed by atoms with van der Waals surface area (Å²) >= 11 is 6.30. The molecule has 0 aromatic heterocycles. The van der Waals surface area contributed by atoms with Crippen molar-refractivity contribution >= 4 is 23.4 Å². The third-order valence-electron chi connectivity index (χ3n) is 6.58. The van der Waals surface area contributed by atoms with Gasteiger partial charge in [0.15, 0.2) is 0 Å². The van der Waals surface area contributed by atoms with Crippen LogP contribution in [0, 0.1) is 5.41 Å². The van der Waals surface area contributed by atoms with Gasteiger partial charge in [0.05, 0.1) is 17.2 Å². The minimum Gasteiger partial charge on any atom is -0.493 e. The lowest BCUT2D eigenvalue weighted by atomic mass is 9.77. The standard InChI is InChI=1S/C26H31ClN2O3/c27-23-13-6-5-12-22(23)25(31)29-17-9-14-26(19-29,20-32-21-10-3-1-4-11-21)18-24(30)28-15-7-2-8-16-28/h1,3-6,10-13H,2,7-9,14-20H2/t26-/m1/s1. The number of carbonyl (C=O) groups excluding carboxylic acids is 2. The second-order valence-corrected chi connectivity index (χ2v) is 9.44. The Bertz CT molecular complexity index is 930. The number of halogens is 1. The maximum atomic E-state index is 13.3. The molecule has 32 heavy (non-hydrogen) atoms. The molecule has 2 aliphatic heterocycles. The second kappa shape index (κ2) is 10.4. The van der Waals surface area contributed by atoms with Crippen molar-refractivity contribution in [2.24, 2.45) is 5.41 Å². The van der Waals surface area contributed by atoms with E-state index in [4.69, 9.17) is 16.3 Å². The molecule has 2 aromatic rings. The van der Waals surface area contributed by atoms with E-state index < -0.39 is 5.41 Å². The van der Waals surface area contributed by atoms with Crippen LogP contribution in [-0.4, -0.2) is 54.4 Å². The highest BCUT2D eigenvalue weighted by Crippen LogP contribution is 2.36. The summed E-state index contributed by atoms with van der Waals surface area (Å²) in [5, 5.41) is 0.457. The first-order valence-corrected chi connectivity index (χ1v) is 11.9. The van der Waals surface area contributed by atoms with Gasteiger partial charge in [0.25, 0.3) is 5.91 Å². The zero-order valence-corrected chi connectivity index (χ0v) is 19.2. The lowest BCUT2D eigenvalue weighted by molar-refractivity contribution is -0.136. The quantitative estimate of drug-likeness (QED) is 0.614. The molecule has 0 radical (unpaired) electrons. The topological polar surface area (TPSA) is 49.9 Å². The van der Waals surface area contributed by atoms with Gasteiger partial charge < -0.3 is 14.5 Å². The maximum Gasteiger partial charge on any atom is 0.255 e. The predicted octanol–water partition coefficient (Wildman–Crippen LogP) is 5.04. The minimum absolute atomic E-state index is 0.0789. The molecule has 0 unspecified atom stereocenters. The van der Waals surface area contributed by atoms with Gasteiger partial charge in [0.1, 0.15) is 5.75 Å². The SMILES string of the molecule is O=C(C[C@]1(COc2ccccc2)CCCN(C(=O)c2ccccc2Cl)C1)N1CCCCC1. The van der Waals surface area contributed by atoms with E-state index in [9.17, 15) is 9.59 Å². The van der Waals surface area contributed by atoms with Crippen molar-refractivity contribution in [2.45, 2.75) is 38.5 Å². The Hall–Kier alpha value is -2.53. The first-order valence-electron chi connectivity index (χ1n) is 11.6. The largest absolute Gasteiger partial charge is 0.493 e. The van der Waals surface area contributed by atoms with Gasteiger partial charge in [-0.3, -0.25) is 9.59 Å². The molecule has 170 valence electrons. The average Bonchev–Trinajstić information content (AvgIpc) is 2.84. The molecule has 6 heteroatoms. The number of para-hydroxylation sites is 1. The van der Waals surface area contributed by atoms with Crippen molar-refractivity contribution in [1.29, 1.82) is 0 Å². The molecule has 2 aromatic carbocycles. The molecular formula is C26H31ClN2O3. The summed E-state index contributed by atoms with van der Waals surface area (Å²) in [5.74, 6) is 0.880. The number of amides is 2. The molecule has 2 amide bonds. The summed E-state index contributed by atoms with van der Waals surface area (Å²) in [6.45, 7) is 3.22. The van der Waals surface area contributed by atoms with E-state index >= 15 is 0 Å². The van der Waals surface area contributed by atoms with Crippen LogP contribution in [0.15, 0.2) is 54.6 Å². The summed E-state index contributed by atoms with van der Waals surface area (Å²) in [5.41, 5.74) is 0.0933. The maximum absolute atomic E-state index is 13.3. The Labute approximate surface area is 195 Å². The van der Waals surface area contributed by atoms with Gasteiger partial charge in [-0.2, -0.15) is 0 Å². The normalized spacial score (nSPS) is 21.3. The molecule has 0 aliphatic carbocycles. The van der Waals surface area contributed by atoms with Crippen molar-refractivity contribution in [3.8, 4) is 5.75 Å². The molecule has 5 nitrogen and oxygen atoms in total. The monoisotopic (exact) mass is 454 g/mol. The Morgan fingerprint density at radius 2 is 1.56 bits per heavy atom. The molecule has 2 heterocycles. The smallest absolute Gasteiger partial charge is 0.255 e. The molecule has 0 saturated carbocycles. The number of hydrogen-bond acceptors (Lipinski definition) is 3. The molecule has 0 bridgehead atoms. The molecular weight excluding hydrogens is 424 g/mol. The number of hydrogen-bond donors (Lipinski definition) is 0. The fourth-order valence-corrected chi connectivity index (χ4v) is 5.05. The number of piperidine rings is 2. The number of rotatable bonds is 6. The summed E-state index contributed by atoms with van der Waals surface area (Å²) in [6, 6.07) is 16.8. The molecule has 0 spiro atoms. The lowest BCUT2D eigenvalue weighted by Gasteiger charge is -2.43. The van der Waals surface area contributed by atoms with E-state index in [1.807, 2.05) is 52.3 Å². The van der Waals surface area contributed by atoms with Crippen LogP contribution in [0.3, 0.4) is 0 Å². The minimum atomic E-state index is -0.417. The molecule has 2 fully saturated rings. The highest BCUT2D eigenvalue weighted by molar-refractivity contribution is 6.33. The van der Waals surface area contributed by atoms with Crippen LogP contribution in [0.4, 0.5) is 0 Å². The molecule has 2 saturated heterocycles. The van der Waals surface area contributed by atoms with Crippen molar-refractivity contribution in [3.63, 3.8) is 0 Å². The molecule has 4 rings (SSSR count). The average molecular weight is 455 g/mol. The second-order valence-electron chi connectivity index (χ2n) is 9.03. The van der Waals surface area contributed by atoms with Crippen LogP contribution in [-0.2, 0) is 4.79 Å². The Morgan fingerprint density at radius 3 is 2.31 bits per heavy atom. The fraction of sp³-hybridized carbons (Fsp3) is 0.462. The number of nitrogens with zero attached hydrogens (tertiary/aromatic N) is 2. The van der Waals surface area contributed by atoms with Gasteiger partial charge >= 0.3 is 0 Å². The first-order chi connectivity index (χ1) is 15.6. The predicted molar refractivity (Wildman–Crippen MR) is 126 cm³/mol. The zero-order chi connectivity index (χ0) is 22.4. The van der Waals surface area contributed by atoms with E-state index in [0.29, 0.717) is 36.7 Å². The van der Waals surface area contributed by atoms with Crippen molar-refractivity contribution < 1.29 is 14.3 Å². The summed E-state index contributed by atoms with van der Waals surface area (Å²) in [4.78, 5) is 30.3. The van der Waals surface area contributed by atoms with Crippen LogP contribution in [0.25, 0.3) is 0 Å². The van der Waals surface area contributed by atoms with Gasteiger partial charge in [0, 0.05) is 38.0 Å². The molecule has 0 N–H and O–H groups in total. The lowest BCUT2D eigenvalue weighted by Crippen LogP contribution is -2.51. The Morgan fingerprint density at radius 1 is 0.875 bits per heavy atom. The highest BCUT2D eigenvalue weighted by Gasteiger charge is 2.41. The van der Waals surface area contributed by atoms with Gasteiger partial charge in [-0.1, -0.05) is 41.9 Å². The van der Waals surface area contributed by atoms with Crippen LogP contribution >= 0.6 is 11.6 Å². The summed E-state index contributed by atoms with van der Waals surface area (Å²) < 4.78 is 6.16. The van der Waals surface area contributed by atoms with Gasteiger partial charge in [0.2, 0.25) is 5.91 Å². The van der Waals surface area contributed by atoms with Gasteiger partial charge in [-0.25, -0.2) is 0 Å². The molecule has 2 aliphatic rings. The number of carbonyl (C=O) groups is 2. The Kier molecular flexibility index (Phi) is 7.36. The van der Waals surface area contributed by atoms with Crippen LogP contribution in [0.1, 0.15) is 48.9 Å². The molecule has 1 atom stereocenters. The summed E-state index contributed by atoms with van der Waals surface area (Å²) in [6.07, 6.45) is 5.40. The van der Waals surface area contributed by atoms with E-state index in [1.54, 1.807) is 12.1 Å². The van der Waals surface area contributed by atoms with Crippen molar-refractivity contribution in [1.82, 2.24) is 9.80 Å². The van der Waals surface area contributed by atoms with Crippen LogP contribution in [0.5, 0.6) is 5.75 Å². The van der Waals surface area contributed by atoms with Crippen LogP contribution in [0.2, 0.25) is 5.02 Å². The fourth-order valence-electron chi connectivity index (χ4n) is 4.83. The van der Waals surface area contributed by atoms with Crippen molar-refractivity contribution in [2.75, 3.05) is 32.8 Å². The van der Waals surface area contributed by atoms with E-state index in [2.05, 4.69) is 0 Å². The first kappa shape index (κ1) is 22.7. The van der Waals surface area contributed by atoms with Crippen LogP contribution < -0.4 is 4.74 Å². The third kappa shape index (κ3) is 5.44. The number of ether oxygens (including phenoxy) is 1. The highest BCUT2D eigenvalue weighted by atomic mass is 35.5. The summed E-state index contributed by atoms with van der Waals surface area (Å²) in [7, 11) is 0. The van der Waals surface area contributed by atoms with E-state index in [1.165, 1.54) is 6.42 Å². The van der Waals surface area contributed by atoms with E-state index in [0.717, 1.165) is 44.5 Å². The van der Waals surface area contributed by atoms with E-state index in [-0.39, 0.29) is 11.8 Å². The van der Waals surface area contributed by atoms with Crippen molar-refractivity contribution in [3.05, 3.63) is 65.2 Å². The number of likely N-dealkylation sites (tertiary alicyclic amines) is 2. The van der Waals surface area contributed by atoms with Gasteiger partial charge in [-0.15, -0.1) is 0 Å². The van der Waals surface area contributed by atoms with Gasteiger partial charge in [-0.05, 0) is 56.4 Å².